The number of aryl methyl sites for hydroxylation is 2. The molecule has 3 aromatic rings. The van der Waals surface area contributed by atoms with Gasteiger partial charge in [0.2, 0.25) is 5.91 Å². The summed E-state index contributed by atoms with van der Waals surface area (Å²) >= 11 is 0. The molecule has 0 aliphatic rings. The van der Waals surface area contributed by atoms with Gasteiger partial charge in [-0.2, -0.15) is 0 Å². The van der Waals surface area contributed by atoms with E-state index in [4.69, 9.17) is 4.74 Å². The summed E-state index contributed by atoms with van der Waals surface area (Å²) in [6, 6.07) is 24.8. The maximum atomic E-state index is 13.6. The zero-order valence-corrected chi connectivity index (χ0v) is 21.2. The number of rotatable bonds is 11. The Bertz CT molecular complexity index is 1090. The second-order valence-corrected chi connectivity index (χ2v) is 9.10. The molecule has 0 radical (unpaired) electrons. The SMILES string of the molecule is CCc1ccc(OCC(=O)N(Cc2ccccc2C)[C@H](Cc2ccccc2)C(=O)NC(C)C)cc1. The van der Waals surface area contributed by atoms with Crippen molar-refractivity contribution >= 4 is 11.8 Å². The van der Waals surface area contributed by atoms with Crippen molar-refractivity contribution in [2.75, 3.05) is 6.61 Å². The number of nitrogens with one attached hydrogen (secondary N) is 1. The van der Waals surface area contributed by atoms with Gasteiger partial charge in [0.25, 0.3) is 5.91 Å². The lowest BCUT2D eigenvalue weighted by atomic mass is 10.0. The highest BCUT2D eigenvalue weighted by molar-refractivity contribution is 5.88. The molecular formula is C30H36N2O3. The fourth-order valence-electron chi connectivity index (χ4n) is 3.96. The first-order chi connectivity index (χ1) is 16.9. The van der Waals surface area contributed by atoms with Gasteiger partial charge in [-0.25, -0.2) is 0 Å². The molecule has 5 heteroatoms. The van der Waals surface area contributed by atoms with Gasteiger partial charge in [0.1, 0.15) is 11.8 Å². The third-order valence-corrected chi connectivity index (χ3v) is 6.00. The summed E-state index contributed by atoms with van der Waals surface area (Å²) in [7, 11) is 0. The van der Waals surface area contributed by atoms with E-state index in [1.807, 2.05) is 99.6 Å². The van der Waals surface area contributed by atoms with Gasteiger partial charge in [0.15, 0.2) is 6.61 Å². The van der Waals surface area contributed by atoms with E-state index in [0.29, 0.717) is 18.7 Å². The summed E-state index contributed by atoms with van der Waals surface area (Å²) in [5.74, 6) is 0.239. The molecular weight excluding hydrogens is 436 g/mol. The van der Waals surface area contributed by atoms with Crippen LogP contribution < -0.4 is 10.1 Å². The van der Waals surface area contributed by atoms with Crippen LogP contribution >= 0.6 is 0 Å². The number of hydrogen-bond acceptors (Lipinski definition) is 3. The van der Waals surface area contributed by atoms with Crippen LogP contribution in [0.25, 0.3) is 0 Å². The van der Waals surface area contributed by atoms with Crippen LogP contribution in [0.3, 0.4) is 0 Å². The van der Waals surface area contributed by atoms with Gasteiger partial charge in [-0.15, -0.1) is 0 Å². The van der Waals surface area contributed by atoms with Crippen LogP contribution in [0.1, 0.15) is 43.0 Å². The summed E-state index contributed by atoms with van der Waals surface area (Å²) < 4.78 is 5.85. The molecule has 1 atom stereocenters. The highest BCUT2D eigenvalue weighted by Gasteiger charge is 2.31. The first-order valence-electron chi connectivity index (χ1n) is 12.3. The molecule has 0 heterocycles. The van der Waals surface area contributed by atoms with Gasteiger partial charge < -0.3 is 15.0 Å². The van der Waals surface area contributed by atoms with E-state index in [2.05, 4.69) is 12.2 Å². The molecule has 0 unspecified atom stereocenters. The zero-order chi connectivity index (χ0) is 25.2. The van der Waals surface area contributed by atoms with Crippen LogP contribution in [0.15, 0.2) is 78.9 Å². The third kappa shape index (κ3) is 7.71. The minimum Gasteiger partial charge on any atom is -0.484 e. The first kappa shape index (κ1) is 26.0. The van der Waals surface area contributed by atoms with Crippen LogP contribution in [-0.2, 0) is 29.0 Å². The van der Waals surface area contributed by atoms with Crippen molar-refractivity contribution < 1.29 is 14.3 Å². The average Bonchev–Trinajstić information content (AvgIpc) is 2.86. The number of hydrogen-bond donors (Lipinski definition) is 1. The second-order valence-electron chi connectivity index (χ2n) is 9.10. The van der Waals surface area contributed by atoms with Gasteiger partial charge in [-0.05, 0) is 61.6 Å². The Hall–Kier alpha value is -3.60. The normalized spacial score (nSPS) is 11.7. The van der Waals surface area contributed by atoms with Crippen molar-refractivity contribution in [3.63, 3.8) is 0 Å². The Morgan fingerprint density at radius 1 is 0.886 bits per heavy atom. The molecule has 0 aliphatic heterocycles. The van der Waals surface area contributed by atoms with E-state index < -0.39 is 6.04 Å². The lowest BCUT2D eigenvalue weighted by Crippen LogP contribution is -2.52. The Morgan fingerprint density at radius 2 is 1.54 bits per heavy atom. The van der Waals surface area contributed by atoms with Crippen molar-refractivity contribution in [3.05, 3.63) is 101 Å². The standard InChI is InChI=1S/C30H36N2O3/c1-5-24-15-17-27(18-16-24)35-21-29(33)32(20-26-14-10-9-11-23(26)4)28(30(34)31-22(2)3)19-25-12-7-6-8-13-25/h6-18,22,28H,5,19-21H2,1-4H3,(H,31,34)/t28-/m1/s1. The van der Waals surface area contributed by atoms with Crippen molar-refractivity contribution in [2.24, 2.45) is 0 Å². The van der Waals surface area contributed by atoms with Crippen LogP contribution in [0, 0.1) is 6.92 Å². The zero-order valence-electron chi connectivity index (χ0n) is 21.2. The molecule has 0 saturated carbocycles. The van der Waals surface area contributed by atoms with Crippen molar-refractivity contribution in [2.45, 2.75) is 59.2 Å². The molecule has 0 aromatic heterocycles. The molecule has 0 fully saturated rings. The lowest BCUT2D eigenvalue weighted by Gasteiger charge is -2.32. The minimum atomic E-state index is -0.669. The second kappa shape index (κ2) is 12.7. The van der Waals surface area contributed by atoms with Gasteiger partial charge in [-0.3, -0.25) is 9.59 Å². The van der Waals surface area contributed by atoms with E-state index in [9.17, 15) is 9.59 Å². The molecule has 184 valence electrons. The minimum absolute atomic E-state index is 0.0375. The number of ether oxygens (including phenoxy) is 1. The highest BCUT2D eigenvalue weighted by atomic mass is 16.5. The number of nitrogens with zero attached hydrogens (tertiary/aromatic N) is 1. The Morgan fingerprint density at radius 3 is 2.17 bits per heavy atom. The molecule has 35 heavy (non-hydrogen) atoms. The largest absolute Gasteiger partial charge is 0.484 e. The number of carbonyl (C=O) groups excluding carboxylic acids is 2. The molecule has 3 aromatic carbocycles. The third-order valence-electron chi connectivity index (χ3n) is 6.00. The van der Waals surface area contributed by atoms with E-state index in [0.717, 1.165) is 23.1 Å². The maximum absolute atomic E-state index is 13.6. The van der Waals surface area contributed by atoms with E-state index in [1.54, 1.807) is 4.90 Å². The molecule has 2 amide bonds. The Labute approximate surface area is 209 Å². The molecule has 3 rings (SSSR count). The predicted molar refractivity (Wildman–Crippen MR) is 140 cm³/mol. The highest BCUT2D eigenvalue weighted by Crippen LogP contribution is 2.18. The van der Waals surface area contributed by atoms with E-state index >= 15 is 0 Å². The van der Waals surface area contributed by atoms with E-state index in [-0.39, 0.29) is 24.5 Å². The van der Waals surface area contributed by atoms with Crippen molar-refractivity contribution in [1.82, 2.24) is 10.2 Å². The van der Waals surface area contributed by atoms with Gasteiger partial charge in [0, 0.05) is 19.0 Å². The molecule has 0 saturated heterocycles. The van der Waals surface area contributed by atoms with Gasteiger partial charge >= 0.3 is 0 Å². The fraction of sp³-hybridized carbons (Fsp3) is 0.333. The molecule has 0 spiro atoms. The first-order valence-corrected chi connectivity index (χ1v) is 12.3. The Kier molecular flexibility index (Phi) is 9.47. The van der Waals surface area contributed by atoms with Crippen molar-refractivity contribution in [3.8, 4) is 5.75 Å². The van der Waals surface area contributed by atoms with Crippen LogP contribution in [0.4, 0.5) is 0 Å². The lowest BCUT2D eigenvalue weighted by molar-refractivity contribution is -0.143. The summed E-state index contributed by atoms with van der Waals surface area (Å²) in [6.45, 7) is 8.15. The number of amides is 2. The fourth-order valence-corrected chi connectivity index (χ4v) is 3.96. The molecule has 0 aliphatic carbocycles. The van der Waals surface area contributed by atoms with Gasteiger partial charge in [-0.1, -0.05) is 73.7 Å². The maximum Gasteiger partial charge on any atom is 0.261 e. The monoisotopic (exact) mass is 472 g/mol. The summed E-state index contributed by atoms with van der Waals surface area (Å²) in [5.41, 5.74) is 4.28. The predicted octanol–water partition coefficient (Wildman–Crippen LogP) is 5.10. The quantitative estimate of drug-likeness (QED) is 0.422. The number of benzene rings is 3. The van der Waals surface area contributed by atoms with Crippen molar-refractivity contribution in [1.29, 1.82) is 0 Å². The molecule has 1 N–H and O–H groups in total. The average molecular weight is 473 g/mol. The topological polar surface area (TPSA) is 58.6 Å². The summed E-state index contributed by atoms with van der Waals surface area (Å²) in [5, 5.41) is 3.01. The summed E-state index contributed by atoms with van der Waals surface area (Å²) in [4.78, 5) is 28.6. The van der Waals surface area contributed by atoms with Gasteiger partial charge in [0.05, 0.1) is 0 Å². The molecule has 0 bridgehead atoms. The van der Waals surface area contributed by atoms with Crippen LogP contribution in [0.2, 0.25) is 0 Å². The van der Waals surface area contributed by atoms with E-state index in [1.165, 1.54) is 5.56 Å². The smallest absolute Gasteiger partial charge is 0.261 e. The summed E-state index contributed by atoms with van der Waals surface area (Å²) in [6.07, 6.45) is 1.36. The van der Waals surface area contributed by atoms with Crippen LogP contribution in [0.5, 0.6) is 5.75 Å². The number of carbonyl (C=O) groups is 2. The molecule has 5 nitrogen and oxygen atoms in total. The van der Waals surface area contributed by atoms with Crippen LogP contribution in [-0.4, -0.2) is 35.4 Å². The Balaban J connectivity index is 1.89.